The van der Waals surface area contributed by atoms with Gasteiger partial charge in [0.15, 0.2) is 0 Å². The van der Waals surface area contributed by atoms with Crippen LogP contribution in [0.4, 0.5) is 0 Å². The number of likely N-dealkylation sites (tertiary alicyclic amines) is 1. The van der Waals surface area contributed by atoms with Crippen LogP contribution < -0.4 is 5.56 Å². The fraction of sp³-hybridized carbons (Fsp3) is 0.722. The number of aromatic nitrogens is 2. The second-order valence-electron chi connectivity index (χ2n) is 7.51. The number of fused-ring (bicyclic) bond motifs is 1. The average molecular weight is 315 g/mol. The minimum Gasteiger partial charge on any atom is -0.342 e. The SMILES string of the molecule is O=C(CC1CCCC1)N1CC(Cn2nc3c(cc2=O)CCC3)C1. The molecule has 0 atom stereocenters. The van der Waals surface area contributed by atoms with E-state index in [9.17, 15) is 9.59 Å². The second kappa shape index (κ2) is 6.10. The number of hydrogen-bond donors (Lipinski definition) is 0. The molecule has 0 bridgehead atoms. The van der Waals surface area contributed by atoms with E-state index in [0.29, 0.717) is 24.3 Å². The van der Waals surface area contributed by atoms with Gasteiger partial charge in [-0.1, -0.05) is 12.8 Å². The largest absolute Gasteiger partial charge is 0.342 e. The summed E-state index contributed by atoms with van der Waals surface area (Å²) in [6.45, 7) is 2.23. The van der Waals surface area contributed by atoms with Crippen LogP contribution in [0, 0.1) is 11.8 Å². The van der Waals surface area contributed by atoms with Crippen LogP contribution in [0.15, 0.2) is 10.9 Å². The number of carbonyl (C=O) groups is 1. The molecule has 1 saturated carbocycles. The maximum Gasteiger partial charge on any atom is 0.267 e. The van der Waals surface area contributed by atoms with Gasteiger partial charge in [0.05, 0.1) is 12.2 Å². The molecular formula is C18H25N3O2. The van der Waals surface area contributed by atoms with Gasteiger partial charge in [0.1, 0.15) is 0 Å². The molecule has 1 aromatic rings. The number of hydrogen-bond acceptors (Lipinski definition) is 3. The lowest BCUT2D eigenvalue weighted by molar-refractivity contribution is -0.138. The van der Waals surface area contributed by atoms with Gasteiger partial charge in [-0.15, -0.1) is 0 Å². The molecule has 0 radical (unpaired) electrons. The molecule has 1 aliphatic heterocycles. The Morgan fingerprint density at radius 2 is 1.91 bits per heavy atom. The zero-order valence-electron chi connectivity index (χ0n) is 13.7. The minimum absolute atomic E-state index is 0.0152. The first-order chi connectivity index (χ1) is 11.2. The number of aryl methyl sites for hydroxylation is 2. The summed E-state index contributed by atoms with van der Waals surface area (Å²) < 4.78 is 1.62. The smallest absolute Gasteiger partial charge is 0.267 e. The van der Waals surface area contributed by atoms with Crippen LogP contribution in [-0.2, 0) is 24.2 Å². The molecule has 0 unspecified atom stereocenters. The van der Waals surface area contributed by atoms with Crippen molar-refractivity contribution in [2.24, 2.45) is 11.8 Å². The Morgan fingerprint density at radius 3 is 2.70 bits per heavy atom. The summed E-state index contributed by atoms with van der Waals surface area (Å²) in [5.74, 6) is 1.30. The average Bonchev–Trinajstić information content (AvgIpc) is 3.13. The molecule has 1 aromatic heterocycles. The first-order valence-corrected chi connectivity index (χ1v) is 9.07. The number of amides is 1. The van der Waals surface area contributed by atoms with Crippen molar-refractivity contribution in [1.82, 2.24) is 14.7 Å². The highest BCUT2D eigenvalue weighted by molar-refractivity contribution is 5.77. The highest BCUT2D eigenvalue weighted by Crippen LogP contribution is 2.29. The molecule has 2 aliphatic carbocycles. The zero-order valence-corrected chi connectivity index (χ0v) is 13.7. The third kappa shape index (κ3) is 3.06. The molecular weight excluding hydrogens is 290 g/mol. The Morgan fingerprint density at radius 1 is 1.13 bits per heavy atom. The van der Waals surface area contributed by atoms with Crippen LogP contribution in [0.5, 0.6) is 0 Å². The van der Waals surface area contributed by atoms with Crippen molar-refractivity contribution in [3.8, 4) is 0 Å². The van der Waals surface area contributed by atoms with Gasteiger partial charge >= 0.3 is 0 Å². The molecule has 5 nitrogen and oxygen atoms in total. The third-order valence-corrected chi connectivity index (χ3v) is 5.70. The molecule has 124 valence electrons. The summed E-state index contributed by atoms with van der Waals surface area (Å²) in [5.41, 5.74) is 2.24. The lowest BCUT2D eigenvalue weighted by atomic mass is 9.97. The molecule has 23 heavy (non-hydrogen) atoms. The van der Waals surface area contributed by atoms with E-state index in [1.807, 2.05) is 4.90 Å². The first kappa shape index (κ1) is 14.9. The molecule has 0 aromatic carbocycles. The summed E-state index contributed by atoms with van der Waals surface area (Å²) >= 11 is 0. The topological polar surface area (TPSA) is 55.2 Å². The quantitative estimate of drug-likeness (QED) is 0.851. The molecule has 2 fully saturated rings. The van der Waals surface area contributed by atoms with E-state index in [1.54, 1.807) is 10.7 Å². The van der Waals surface area contributed by atoms with Crippen molar-refractivity contribution in [1.29, 1.82) is 0 Å². The predicted octanol–water partition coefficient (Wildman–Crippen LogP) is 1.77. The summed E-state index contributed by atoms with van der Waals surface area (Å²) in [6, 6.07) is 1.76. The Kier molecular flexibility index (Phi) is 3.95. The van der Waals surface area contributed by atoms with Gasteiger partial charge in [-0.3, -0.25) is 9.59 Å². The van der Waals surface area contributed by atoms with E-state index >= 15 is 0 Å². The Hall–Kier alpha value is -1.65. The Labute approximate surface area is 136 Å². The van der Waals surface area contributed by atoms with Gasteiger partial charge < -0.3 is 4.90 Å². The molecule has 5 heteroatoms. The van der Waals surface area contributed by atoms with E-state index in [0.717, 1.165) is 50.0 Å². The predicted molar refractivity (Wildman–Crippen MR) is 87.2 cm³/mol. The summed E-state index contributed by atoms with van der Waals surface area (Å²) in [6.07, 6.45) is 8.83. The van der Waals surface area contributed by atoms with Crippen molar-refractivity contribution >= 4 is 5.91 Å². The van der Waals surface area contributed by atoms with Gasteiger partial charge in [-0.2, -0.15) is 5.10 Å². The molecule has 1 saturated heterocycles. The van der Waals surface area contributed by atoms with E-state index in [2.05, 4.69) is 5.10 Å². The van der Waals surface area contributed by atoms with Gasteiger partial charge in [0.2, 0.25) is 5.91 Å². The van der Waals surface area contributed by atoms with E-state index < -0.39 is 0 Å². The lowest BCUT2D eigenvalue weighted by Crippen LogP contribution is -2.52. The number of carbonyl (C=O) groups excluding carboxylic acids is 1. The molecule has 0 N–H and O–H groups in total. The molecule has 0 spiro atoms. The number of nitrogens with zero attached hydrogens (tertiary/aromatic N) is 3. The Balaban J connectivity index is 1.31. The van der Waals surface area contributed by atoms with Crippen LogP contribution in [0.1, 0.15) is 49.8 Å². The highest BCUT2D eigenvalue weighted by Gasteiger charge is 2.32. The number of rotatable bonds is 4. The van der Waals surface area contributed by atoms with Crippen LogP contribution in [-0.4, -0.2) is 33.7 Å². The van der Waals surface area contributed by atoms with Crippen LogP contribution in [0.3, 0.4) is 0 Å². The summed E-state index contributed by atoms with van der Waals surface area (Å²) in [4.78, 5) is 26.3. The molecule has 3 aliphatic rings. The summed E-state index contributed by atoms with van der Waals surface area (Å²) in [7, 11) is 0. The van der Waals surface area contributed by atoms with Crippen LogP contribution in [0.25, 0.3) is 0 Å². The van der Waals surface area contributed by atoms with Crippen LogP contribution >= 0.6 is 0 Å². The van der Waals surface area contributed by atoms with Crippen molar-refractivity contribution in [2.75, 3.05) is 13.1 Å². The Bertz CT molecular complexity index is 655. The van der Waals surface area contributed by atoms with E-state index in [4.69, 9.17) is 0 Å². The van der Waals surface area contributed by atoms with Crippen molar-refractivity contribution in [3.63, 3.8) is 0 Å². The highest BCUT2D eigenvalue weighted by atomic mass is 16.2. The fourth-order valence-electron chi connectivity index (χ4n) is 4.29. The molecule has 1 amide bonds. The molecule has 2 heterocycles. The summed E-state index contributed by atoms with van der Waals surface area (Å²) in [5, 5.41) is 4.53. The van der Waals surface area contributed by atoms with Crippen molar-refractivity contribution in [3.05, 3.63) is 27.7 Å². The maximum atomic E-state index is 12.2. The van der Waals surface area contributed by atoms with E-state index in [1.165, 1.54) is 25.7 Å². The third-order valence-electron chi connectivity index (χ3n) is 5.70. The van der Waals surface area contributed by atoms with E-state index in [-0.39, 0.29) is 5.56 Å². The fourth-order valence-corrected chi connectivity index (χ4v) is 4.29. The zero-order chi connectivity index (χ0) is 15.8. The minimum atomic E-state index is 0.0152. The maximum absolute atomic E-state index is 12.2. The van der Waals surface area contributed by atoms with Gasteiger partial charge in [-0.25, -0.2) is 4.68 Å². The monoisotopic (exact) mass is 315 g/mol. The lowest BCUT2D eigenvalue weighted by Gasteiger charge is -2.39. The van der Waals surface area contributed by atoms with Crippen molar-refractivity contribution < 1.29 is 4.79 Å². The van der Waals surface area contributed by atoms with Gasteiger partial charge in [0, 0.05) is 31.5 Å². The second-order valence-corrected chi connectivity index (χ2v) is 7.51. The normalized spacial score (nSPS) is 21.5. The van der Waals surface area contributed by atoms with Crippen molar-refractivity contribution in [2.45, 2.75) is 57.9 Å². The van der Waals surface area contributed by atoms with Gasteiger partial charge in [-0.05, 0) is 43.6 Å². The standard InChI is InChI=1S/C18H25N3O2/c22-17(8-13-4-1-2-5-13)20-10-14(11-20)12-21-18(23)9-15-6-3-7-16(15)19-21/h9,13-14H,1-8,10-12H2. The van der Waals surface area contributed by atoms with Crippen LogP contribution in [0.2, 0.25) is 0 Å². The molecule has 4 rings (SSSR count). The van der Waals surface area contributed by atoms with Gasteiger partial charge in [0.25, 0.3) is 5.56 Å². The first-order valence-electron chi connectivity index (χ1n) is 9.07.